The first-order chi connectivity index (χ1) is 11.5. The fourth-order valence-electron chi connectivity index (χ4n) is 2.97. The molecule has 0 aromatic heterocycles. The molecule has 2 aliphatic heterocycles. The summed E-state index contributed by atoms with van der Waals surface area (Å²) in [5, 5.41) is 0. The lowest BCUT2D eigenvalue weighted by atomic mass is 10.2. The number of nitrogens with zero attached hydrogens (tertiary/aromatic N) is 3. The lowest BCUT2D eigenvalue weighted by molar-refractivity contribution is 0.0683. The van der Waals surface area contributed by atoms with E-state index in [4.69, 9.17) is 4.74 Å². The predicted octanol–water partition coefficient (Wildman–Crippen LogP) is 0.659. The first kappa shape index (κ1) is 17.7. The van der Waals surface area contributed by atoms with Crippen molar-refractivity contribution in [1.82, 2.24) is 13.5 Å². The summed E-state index contributed by atoms with van der Waals surface area (Å²) in [6.07, 6.45) is 0. The van der Waals surface area contributed by atoms with Crippen molar-refractivity contribution in [2.75, 3.05) is 52.5 Å². The van der Waals surface area contributed by atoms with Crippen LogP contribution in [0.3, 0.4) is 0 Å². The first-order valence-corrected chi connectivity index (χ1v) is 9.36. The quantitative estimate of drug-likeness (QED) is 0.791. The maximum absolute atomic E-state index is 13.7. The summed E-state index contributed by atoms with van der Waals surface area (Å²) >= 11 is 0. The minimum atomic E-state index is -3.47. The van der Waals surface area contributed by atoms with E-state index in [-0.39, 0.29) is 6.54 Å². The Morgan fingerprint density at radius 1 is 0.958 bits per heavy atom. The molecule has 2 heterocycles. The molecule has 134 valence electrons. The zero-order chi connectivity index (χ0) is 17.2. The minimum absolute atomic E-state index is 0.273. The Kier molecular flexibility index (Phi) is 5.46. The number of hydrogen-bond acceptors (Lipinski definition) is 4. The Morgan fingerprint density at radius 3 is 2.25 bits per heavy atom. The van der Waals surface area contributed by atoms with Crippen LogP contribution in [0.25, 0.3) is 0 Å². The Bertz CT molecular complexity index is 673. The largest absolute Gasteiger partial charge is 0.379 e. The van der Waals surface area contributed by atoms with Gasteiger partial charge in [-0.15, -0.1) is 0 Å². The van der Waals surface area contributed by atoms with Crippen molar-refractivity contribution in [2.24, 2.45) is 0 Å². The first-order valence-electron chi connectivity index (χ1n) is 7.96. The molecular weight excluding hydrogens is 340 g/mol. The average molecular weight is 361 g/mol. The number of morpholine rings is 1. The van der Waals surface area contributed by atoms with Crippen molar-refractivity contribution in [2.45, 2.75) is 6.54 Å². The van der Waals surface area contributed by atoms with Gasteiger partial charge in [0, 0.05) is 51.4 Å². The standard InChI is InChI=1S/C15H21F2N3O3S/c16-14-3-1-2-13(15(14)17)12-18-4-6-19(7-5-18)24(21,22)20-8-10-23-11-9-20/h1-3H,4-12H2. The van der Waals surface area contributed by atoms with Gasteiger partial charge in [0.25, 0.3) is 10.2 Å². The van der Waals surface area contributed by atoms with Crippen LogP contribution < -0.4 is 0 Å². The molecule has 9 heteroatoms. The van der Waals surface area contributed by atoms with Crippen molar-refractivity contribution < 1.29 is 21.9 Å². The highest BCUT2D eigenvalue weighted by atomic mass is 32.2. The monoisotopic (exact) mass is 361 g/mol. The second kappa shape index (κ2) is 7.40. The summed E-state index contributed by atoms with van der Waals surface area (Å²) in [7, 11) is -3.47. The predicted molar refractivity (Wildman–Crippen MR) is 84.5 cm³/mol. The van der Waals surface area contributed by atoms with E-state index in [1.165, 1.54) is 14.7 Å². The van der Waals surface area contributed by atoms with Gasteiger partial charge in [0.1, 0.15) is 0 Å². The highest BCUT2D eigenvalue weighted by molar-refractivity contribution is 7.86. The van der Waals surface area contributed by atoms with Crippen LogP contribution in [0, 0.1) is 11.6 Å². The van der Waals surface area contributed by atoms with E-state index < -0.39 is 21.8 Å². The SMILES string of the molecule is O=S(=O)(N1CCOCC1)N1CCN(Cc2cccc(F)c2F)CC1. The fraction of sp³-hybridized carbons (Fsp3) is 0.600. The Hall–Kier alpha value is -1.13. The van der Waals surface area contributed by atoms with Gasteiger partial charge in [0.05, 0.1) is 13.2 Å². The third kappa shape index (κ3) is 3.75. The van der Waals surface area contributed by atoms with Gasteiger partial charge in [0.2, 0.25) is 0 Å². The van der Waals surface area contributed by atoms with Gasteiger partial charge in [0.15, 0.2) is 11.6 Å². The Labute approximate surface area is 140 Å². The van der Waals surface area contributed by atoms with E-state index in [9.17, 15) is 17.2 Å². The van der Waals surface area contributed by atoms with Crippen molar-refractivity contribution in [3.05, 3.63) is 35.4 Å². The number of ether oxygens (including phenoxy) is 1. The van der Waals surface area contributed by atoms with Crippen molar-refractivity contribution in [3.63, 3.8) is 0 Å². The number of hydrogen-bond donors (Lipinski definition) is 0. The summed E-state index contributed by atoms with van der Waals surface area (Å²) in [6.45, 7) is 3.51. The molecule has 1 aromatic carbocycles. The van der Waals surface area contributed by atoms with Gasteiger partial charge in [-0.05, 0) is 6.07 Å². The lowest BCUT2D eigenvalue weighted by Crippen LogP contribution is -2.54. The van der Waals surface area contributed by atoms with E-state index in [0.717, 1.165) is 6.07 Å². The normalized spacial score (nSPS) is 21.9. The van der Waals surface area contributed by atoms with Gasteiger partial charge in [-0.1, -0.05) is 12.1 Å². The molecule has 2 aliphatic rings. The van der Waals surface area contributed by atoms with E-state index in [1.807, 2.05) is 4.90 Å². The molecule has 0 bridgehead atoms. The van der Waals surface area contributed by atoms with Crippen molar-refractivity contribution >= 4 is 10.2 Å². The molecule has 6 nitrogen and oxygen atoms in total. The highest BCUT2D eigenvalue weighted by Crippen LogP contribution is 2.17. The summed E-state index contributed by atoms with van der Waals surface area (Å²) in [6, 6.07) is 4.12. The topological polar surface area (TPSA) is 53.1 Å². The molecule has 2 saturated heterocycles. The van der Waals surface area contributed by atoms with E-state index in [1.54, 1.807) is 6.07 Å². The molecule has 0 N–H and O–H groups in total. The van der Waals surface area contributed by atoms with Crippen LogP contribution in [0.5, 0.6) is 0 Å². The second-order valence-electron chi connectivity index (χ2n) is 5.91. The number of benzene rings is 1. The number of piperazine rings is 1. The van der Waals surface area contributed by atoms with Crippen molar-refractivity contribution in [1.29, 1.82) is 0 Å². The Morgan fingerprint density at radius 2 is 1.58 bits per heavy atom. The van der Waals surface area contributed by atoms with Gasteiger partial charge >= 0.3 is 0 Å². The summed E-state index contributed by atoms with van der Waals surface area (Å²) < 4.78 is 60.2. The third-order valence-corrected chi connectivity index (χ3v) is 6.41. The van der Waals surface area contributed by atoms with Crippen LogP contribution in [0.4, 0.5) is 8.78 Å². The highest BCUT2D eigenvalue weighted by Gasteiger charge is 2.33. The van der Waals surface area contributed by atoms with Crippen molar-refractivity contribution in [3.8, 4) is 0 Å². The third-order valence-electron chi connectivity index (χ3n) is 4.38. The average Bonchev–Trinajstić information content (AvgIpc) is 2.60. The lowest BCUT2D eigenvalue weighted by Gasteiger charge is -2.37. The zero-order valence-corrected chi connectivity index (χ0v) is 14.1. The van der Waals surface area contributed by atoms with E-state index in [0.29, 0.717) is 58.0 Å². The van der Waals surface area contributed by atoms with Crippen LogP contribution in [0.1, 0.15) is 5.56 Å². The van der Waals surface area contributed by atoms with Crippen LogP contribution in [0.15, 0.2) is 18.2 Å². The van der Waals surface area contributed by atoms with Crippen LogP contribution in [0.2, 0.25) is 0 Å². The van der Waals surface area contributed by atoms with Crippen LogP contribution in [-0.4, -0.2) is 74.4 Å². The van der Waals surface area contributed by atoms with Gasteiger partial charge in [-0.3, -0.25) is 4.90 Å². The molecule has 3 rings (SSSR count). The number of rotatable bonds is 4. The second-order valence-corrected chi connectivity index (χ2v) is 7.84. The Balaban J connectivity index is 1.58. The summed E-state index contributed by atoms with van der Waals surface area (Å²) in [5.41, 5.74) is 0.291. The maximum Gasteiger partial charge on any atom is 0.282 e. The van der Waals surface area contributed by atoms with E-state index >= 15 is 0 Å². The van der Waals surface area contributed by atoms with Gasteiger partial charge in [-0.2, -0.15) is 17.0 Å². The number of halogens is 2. The molecule has 0 spiro atoms. The molecule has 2 fully saturated rings. The fourth-order valence-corrected chi connectivity index (χ4v) is 4.53. The molecule has 0 amide bonds. The summed E-state index contributed by atoms with van der Waals surface area (Å²) in [5.74, 6) is -1.69. The molecule has 0 atom stereocenters. The molecule has 0 radical (unpaired) electrons. The summed E-state index contributed by atoms with van der Waals surface area (Å²) in [4.78, 5) is 1.93. The molecular formula is C15H21F2N3O3S. The van der Waals surface area contributed by atoms with Gasteiger partial charge in [-0.25, -0.2) is 8.78 Å². The molecule has 0 unspecified atom stereocenters. The maximum atomic E-state index is 13.7. The molecule has 1 aromatic rings. The van der Waals surface area contributed by atoms with Crippen LogP contribution in [-0.2, 0) is 21.5 Å². The molecule has 24 heavy (non-hydrogen) atoms. The van der Waals surface area contributed by atoms with E-state index in [2.05, 4.69) is 0 Å². The molecule has 0 aliphatic carbocycles. The smallest absolute Gasteiger partial charge is 0.282 e. The van der Waals surface area contributed by atoms with Gasteiger partial charge < -0.3 is 4.74 Å². The van der Waals surface area contributed by atoms with Crippen LogP contribution >= 0.6 is 0 Å². The zero-order valence-electron chi connectivity index (χ0n) is 13.3. The molecule has 0 saturated carbocycles. The minimum Gasteiger partial charge on any atom is -0.379 e.